The van der Waals surface area contributed by atoms with Gasteiger partial charge in [-0.3, -0.25) is 19.6 Å². The minimum Gasteiger partial charge on any atom is -0.354 e. The van der Waals surface area contributed by atoms with E-state index >= 15 is 0 Å². The van der Waals surface area contributed by atoms with E-state index in [1.165, 1.54) is 11.1 Å². The number of anilines is 1. The van der Waals surface area contributed by atoms with Gasteiger partial charge in [-0.15, -0.1) is 0 Å². The van der Waals surface area contributed by atoms with Gasteiger partial charge in [0.25, 0.3) is 0 Å². The monoisotopic (exact) mass is 527 g/mol. The van der Waals surface area contributed by atoms with Crippen LogP contribution in [0.25, 0.3) is 11.1 Å². The Morgan fingerprint density at radius 1 is 0.923 bits per heavy atom. The third kappa shape index (κ3) is 7.68. The van der Waals surface area contributed by atoms with Crippen LogP contribution in [0.2, 0.25) is 0 Å². The highest BCUT2D eigenvalue weighted by Crippen LogP contribution is 2.22. The van der Waals surface area contributed by atoms with Gasteiger partial charge in [0.2, 0.25) is 5.95 Å². The third-order valence-electron chi connectivity index (χ3n) is 7.87. The lowest BCUT2D eigenvalue weighted by atomic mass is 9.98. The molecule has 8 rings (SSSR count). The van der Waals surface area contributed by atoms with Crippen LogP contribution in [0.5, 0.6) is 0 Å². The molecule has 8 heteroatoms. The quantitative estimate of drug-likeness (QED) is 0.493. The van der Waals surface area contributed by atoms with Crippen molar-refractivity contribution in [2.45, 2.75) is 57.5 Å². The van der Waals surface area contributed by atoms with Crippen LogP contribution in [0.4, 0.5) is 5.95 Å². The van der Waals surface area contributed by atoms with E-state index < -0.39 is 0 Å². The fourth-order valence-electron chi connectivity index (χ4n) is 5.68. The first-order valence-corrected chi connectivity index (χ1v) is 14.5. The number of unbranched alkanes of at least 4 members (excludes halogenated alkanes) is 1. The summed E-state index contributed by atoms with van der Waals surface area (Å²) in [6.45, 7) is 6.20. The Morgan fingerprint density at radius 2 is 1.74 bits per heavy atom. The highest BCUT2D eigenvalue weighted by atomic mass is 16.1. The van der Waals surface area contributed by atoms with Crippen LogP contribution in [-0.4, -0.2) is 75.8 Å². The Kier molecular flexibility index (Phi) is 9.64. The average molecular weight is 528 g/mol. The maximum Gasteiger partial charge on any atom is 0.222 e. The maximum absolute atomic E-state index is 13.3. The molecule has 0 radical (unpaired) electrons. The molecule has 39 heavy (non-hydrogen) atoms. The minimum atomic E-state index is 0.00923. The Labute approximate surface area is 232 Å². The van der Waals surface area contributed by atoms with E-state index in [2.05, 4.69) is 60.4 Å². The smallest absolute Gasteiger partial charge is 0.222 e. The molecule has 1 unspecified atom stereocenters. The lowest BCUT2D eigenvalue weighted by molar-refractivity contribution is -0.125. The number of piperazine rings is 1. The fourth-order valence-corrected chi connectivity index (χ4v) is 5.68. The molecule has 3 aromatic rings. The van der Waals surface area contributed by atoms with E-state index in [0.717, 1.165) is 94.6 Å². The highest BCUT2D eigenvalue weighted by Gasteiger charge is 2.28. The normalized spacial score (nSPS) is 22.4. The first-order chi connectivity index (χ1) is 19.2. The van der Waals surface area contributed by atoms with Crippen molar-refractivity contribution in [2.24, 2.45) is 5.73 Å². The Balaban J connectivity index is 1.34. The van der Waals surface area contributed by atoms with E-state index in [9.17, 15) is 4.79 Å². The minimum absolute atomic E-state index is 0.00923. The zero-order valence-corrected chi connectivity index (χ0v) is 22.9. The van der Waals surface area contributed by atoms with Gasteiger partial charge in [0.05, 0.1) is 6.04 Å². The van der Waals surface area contributed by atoms with Gasteiger partial charge in [-0.05, 0) is 61.1 Å². The molecule has 2 aromatic heterocycles. The number of pyridine rings is 1. The molecule has 5 aliphatic rings. The van der Waals surface area contributed by atoms with Crippen molar-refractivity contribution in [1.29, 1.82) is 0 Å². The zero-order chi connectivity index (χ0) is 26.9. The van der Waals surface area contributed by atoms with Crippen molar-refractivity contribution in [3.05, 3.63) is 71.8 Å². The summed E-state index contributed by atoms with van der Waals surface area (Å²) in [5.41, 5.74) is 11.4. The SMILES string of the molecule is NCCCCC1C(=O)CCCCNc2ncc(cn2)-c2ccnc(c2)Cc2cccc(c2)CN2CCN1CC2. The summed E-state index contributed by atoms with van der Waals surface area (Å²) in [4.78, 5) is 31.9. The second-order valence-corrected chi connectivity index (χ2v) is 10.8. The topological polar surface area (TPSA) is 100 Å². The highest BCUT2D eigenvalue weighted by molar-refractivity contribution is 5.84. The van der Waals surface area contributed by atoms with Crippen molar-refractivity contribution in [2.75, 3.05) is 44.6 Å². The fraction of sp³-hybridized carbons (Fsp3) is 0.484. The summed E-state index contributed by atoms with van der Waals surface area (Å²) < 4.78 is 0. The van der Waals surface area contributed by atoms with Crippen molar-refractivity contribution in [3.8, 4) is 11.1 Å². The largest absolute Gasteiger partial charge is 0.354 e. The summed E-state index contributed by atoms with van der Waals surface area (Å²) in [7, 11) is 0. The van der Waals surface area contributed by atoms with E-state index in [1.54, 1.807) is 0 Å². The summed E-state index contributed by atoms with van der Waals surface area (Å²) in [6, 6.07) is 13.0. The van der Waals surface area contributed by atoms with Gasteiger partial charge in [-0.25, -0.2) is 9.97 Å². The molecule has 1 fully saturated rings. The molecule has 8 bridgehead atoms. The third-order valence-corrected chi connectivity index (χ3v) is 7.87. The van der Waals surface area contributed by atoms with E-state index in [0.29, 0.717) is 24.7 Å². The number of hydrogen-bond donors (Lipinski definition) is 2. The number of nitrogens with one attached hydrogen (secondary N) is 1. The predicted octanol–water partition coefficient (Wildman–Crippen LogP) is 3.91. The number of Topliss-reactive ketones (excluding diaryl/α,β-unsaturated/α-hetero) is 1. The number of carbonyl (C=O) groups excluding carboxylic acids is 1. The summed E-state index contributed by atoms with van der Waals surface area (Å²) in [5, 5.41) is 3.31. The molecule has 0 saturated carbocycles. The molecule has 0 amide bonds. The van der Waals surface area contributed by atoms with Crippen LogP contribution >= 0.6 is 0 Å². The molecular weight excluding hydrogens is 486 g/mol. The van der Waals surface area contributed by atoms with E-state index in [1.807, 2.05) is 24.7 Å². The van der Waals surface area contributed by atoms with Crippen molar-refractivity contribution >= 4 is 11.7 Å². The molecule has 5 aliphatic heterocycles. The van der Waals surface area contributed by atoms with Crippen molar-refractivity contribution < 1.29 is 4.79 Å². The Morgan fingerprint density at radius 3 is 2.56 bits per heavy atom. The average Bonchev–Trinajstić information content (AvgIpc) is 2.96. The summed E-state index contributed by atoms with van der Waals surface area (Å²) >= 11 is 0. The van der Waals surface area contributed by atoms with Crippen LogP contribution in [0.3, 0.4) is 0 Å². The molecule has 8 nitrogen and oxygen atoms in total. The molecular formula is C31H41N7O. The zero-order valence-electron chi connectivity index (χ0n) is 22.9. The lowest BCUT2D eigenvalue weighted by Crippen LogP contribution is -2.52. The second-order valence-electron chi connectivity index (χ2n) is 10.8. The number of hydrogen-bond acceptors (Lipinski definition) is 8. The Hall–Kier alpha value is -3.20. The van der Waals surface area contributed by atoms with Crippen LogP contribution in [0.15, 0.2) is 55.0 Å². The molecule has 1 saturated heterocycles. The molecule has 0 aliphatic carbocycles. The van der Waals surface area contributed by atoms with Gasteiger partial charge < -0.3 is 11.1 Å². The standard InChI is InChI=1S/C31H41N7O/c32-11-3-1-8-29-30(39)9-2-4-12-34-31-35-21-27(22-36-31)26-10-13-33-28(20-26)19-24-6-5-7-25(18-24)23-37-14-16-38(29)17-15-37/h5-7,10,13,18,20-22,29H,1-4,8-9,11-12,14-17,19,23,32H2,(H,34,35,36). The van der Waals surface area contributed by atoms with Crippen molar-refractivity contribution in [3.63, 3.8) is 0 Å². The second kappa shape index (κ2) is 13.7. The van der Waals surface area contributed by atoms with E-state index in [4.69, 9.17) is 5.73 Å². The number of ketones is 1. The van der Waals surface area contributed by atoms with Gasteiger partial charge in [0, 0.05) is 82.0 Å². The van der Waals surface area contributed by atoms with Gasteiger partial charge >= 0.3 is 0 Å². The summed E-state index contributed by atoms with van der Waals surface area (Å²) in [6.07, 6.45) is 11.7. The number of rotatable bonds is 4. The predicted molar refractivity (Wildman–Crippen MR) is 155 cm³/mol. The molecule has 1 aromatic carbocycles. The molecule has 3 N–H and O–H groups in total. The van der Waals surface area contributed by atoms with Gasteiger partial charge in [-0.1, -0.05) is 30.7 Å². The van der Waals surface area contributed by atoms with Crippen LogP contribution in [0.1, 0.15) is 55.3 Å². The lowest BCUT2D eigenvalue weighted by Gasteiger charge is -2.39. The van der Waals surface area contributed by atoms with Gasteiger partial charge in [0.15, 0.2) is 0 Å². The molecule has 206 valence electrons. The number of benzene rings is 1. The number of nitrogens with two attached hydrogens (primary N) is 1. The first kappa shape index (κ1) is 27.4. The van der Waals surface area contributed by atoms with Crippen LogP contribution in [0, 0.1) is 0 Å². The Bertz CT molecular complexity index is 1210. The first-order valence-electron chi connectivity index (χ1n) is 14.5. The van der Waals surface area contributed by atoms with E-state index in [-0.39, 0.29) is 6.04 Å². The van der Waals surface area contributed by atoms with Gasteiger partial charge in [-0.2, -0.15) is 0 Å². The number of nitrogens with zero attached hydrogens (tertiary/aromatic N) is 5. The molecule has 7 heterocycles. The molecule has 1 atom stereocenters. The van der Waals surface area contributed by atoms with Crippen LogP contribution in [-0.2, 0) is 17.8 Å². The maximum atomic E-state index is 13.3. The number of aromatic nitrogens is 3. The van der Waals surface area contributed by atoms with Crippen molar-refractivity contribution in [1.82, 2.24) is 24.8 Å². The van der Waals surface area contributed by atoms with Crippen LogP contribution < -0.4 is 11.1 Å². The molecule has 0 spiro atoms. The number of carbonyl (C=O) groups is 1. The summed E-state index contributed by atoms with van der Waals surface area (Å²) in [5.74, 6) is 0.995. The van der Waals surface area contributed by atoms with Gasteiger partial charge in [0.1, 0.15) is 5.78 Å².